The quantitative estimate of drug-likeness (QED) is 0.255. The summed E-state index contributed by atoms with van der Waals surface area (Å²) in [6.45, 7) is 5.65. The van der Waals surface area contributed by atoms with E-state index in [1.54, 1.807) is 30.3 Å². The summed E-state index contributed by atoms with van der Waals surface area (Å²) < 4.78 is 1.92. The van der Waals surface area contributed by atoms with Crippen LogP contribution < -0.4 is 10.2 Å². The number of amides is 2. The van der Waals surface area contributed by atoms with E-state index in [9.17, 15) is 9.59 Å². The third-order valence-corrected chi connectivity index (χ3v) is 6.96. The van der Waals surface area contributed by atoms with Crippen LogP contribution in [0.3, 0.4) is 0 Å². The van der Waals surface area contributed by atoms with Crippen LogP contribution in [-0.2, 0) is 9.59 Å². The smallest absolute Gasteiger partial charge is 0.270 e. The normalized spacial score (nSPS) is 15.4. The van der Waals surface area contributed by atoms with E-state index in [1.807, 2.05) is 43.5 Å². The molecule has 5 nitrogen and oxygen atoms in total. The Morgan fingerprint density at radius 3 is 2.39 bits per heavy atom. The maximum atomic E-state index is 13.3. The van der Waals surface area contributed by atoms with Gasteiger partial charge in [-0.3, -0.25) is 19.8 Å². The second kappa shape index (κ2) is 8.95. The van der Waals surface area contributed by atoms with E-state index in [-0.39, 0.29) is 10.7 Å². The van der Waals surface area contributed by atoms with Crippen molar-refractivity contribution in [2.45, 2.75) is 20.8 Å². The van der Waals surface area contributed by atoms with Gasteiger partial charge in [0.05, 0.1) is 21.4 Å². The zero-order chi connectivity index (χ0) is 24.0. The first-order valence-corrected chi connectivity index (χ1v) is 11.4. The number of carbonyl (C=O) groups is 2. The van der Waals surface area contributed by atoms with Crippen LogP contribution in [-0.4, -0.2) is 21.5 Å². The van der Waals surface area contributed by atoms with E-state index in [2.05, 4.69) is 5.32 Å². The lowest BCUT2D eigenvalue weighted by Gasteiger charge is -2.29. The van der Waals surface area contributed by atoms with Crippen molar-refractivity contribution in [1.29, 1.82) is 0 Å². The highest BCUT2D eigenvalue weighted by Gasteiger charge is 2.35. The molecule has 2 heterocycles. The first-order valence-electron chi connectivity index (χ1n) is 9.91. The molecule has 1 N–H and O–H groups in total. The molecule has 4 rings (SSSR count). The average molecular weight is 519 g/mol. The van der Waals surface area contributed by atoms with Crippen molar-refractivity contribution in [2.24, 2.45) is 0 Å². The minimum atomic E-state index is -0.565. The summed E-state index contributed by atoms with van der Waals surface area (Å²) >= 11 is 24.1. The number of hydrogen-bond acceptors (Lipinski definition) is 3. The molecule has 168 valence electrons. The first-order chi connectivity index (χ1) is 15.6. The van der Waals surface area contributed by atoms with Crippen LogP contribution in [0.15, 0.2) is 48.0 Å². The minimum Gasteiger partial charge on any atom is -0.316 e. The van der Waals surface area contributed by atoms with Gasteiger partial charge in [-0.05, 0) is 80.5 Å². The van der Waals surface area contributed by atoms with E-state index < -0.39 is 11.8 Å². The fourth-order valence-electron chi connectivity index (χ4n) is 3.74. The zero-order valence-corrected chi connectivity index (χ0v) is 21.0. The number of benzene rings is 2. The lowest BCUT2D eigenvalue weighted by molar-refractivity contribution is -0.122. The van der Waals surface area contributed by atoms with Gasteiger partial charge in [0, 0.05) is 16.4 Å². The van der Waals surface area contributed by atoms with E-state index in [1.165, 1.54) is 4.90 Å². The highest BCUT2D eigenvalue weighted by molar-refractivity contribution is 7.80. The van der Waals surface area contributed by atoms with Crippen molar-refractivity contribution in [3.63, 3.8) is 0 Å². The molecule has 0 radical (unpaired) electrons. The summed E-state index contributed by atoms with van der Waals surface area (Å²) in [5.74, 6) is -1.10. The Morgan fingerprint density at radius 1 is 0.970 bits per heavy atom. The SMILES string of the molecule is Cc1ccc(N2C(=O)/C(=C/c3cc(C)n(-c4cccc(Cl)c4Cl)c3C)C(=O)NC2=S)cc1Cl. The van der Waals surface area contributed by atoms with Gasteiger partial charge in [-0.15, -0.1) is 0 Å². The van der Waals surface area contributed by atoms with Crippen LogP contribution in [0.5, 0.6) is 0 Å². The Bertz CT molecular complexity index is 1380. The standard InChI is InChI=1S/C24H18Cl3N3O2S/c1-12-7-8-16(11-19(12)26)30-23(32)17(22(31)28-24(30)33)10-15-9-13(2)29(14(15)3)20-6-4-5-18(25)21(20)27/h4-11H,1-3H3,(H,28,31,33)/b17-10+. The fourth-order valence-corrected chi connectivity index (χ4v) is 4.57. The van der Waals surface area contributed by atoms with Crippen molar-refractivity contribution in [2.75, 3.05) is 4.90 Å². The second-order valence-electron chi connectivity index (χ2n) is 7.63. The molecule has 0 bridgehead atoms. The number of aromatic nitrogens is 1. The number of hydrogen-bond donors (Lipinski definition) is 1. The van der Waals surface area contributed by atoms with Crippen LogP contribution in [0.2, 0.25) is 15.1 Å². The van der Waals surface area contributed by atoms with E-state index in [4.69, 9.17) is 47.0 Å². The average Bonchev–Trinajstić information content (AvgIpc) is 3.03. The van der Waals surface area contributed by atoms with Crippen molar-refractivity contribution >= 4 is 75.7 Å². The van der Waals surface area contributed by atoms with E-state index in [0.717, 1.165) is 17.0 Å². The molecule has 1 aliphatic rings. The largest absolute Gasteiger partial charge is 0.316 e. The molecule has 0 spiro atoms. The fraction of sp³-hybridized carbons (Fsp3) is 0.125. The number of nitrogens with zero attached hydrogens (tertiary/aromatic N) is 2. The molecule has 0 saturated carbocycles. The maximum Gasteiger partial charge on any atom is 0.270 e. The van der Waals surface area contributed by atoms with Crippen molar-refractivity contribution in [1.82, 2.24) is 9.88 Å². The molecular weight excluding hydrogens is 501 g/mol. The lowest BCUT2D eigenvalue weighted by Crippen LogP contribution is -2.54. The number of thiocarbonyl (C=S) groups is 1. The number of carbonyl (C=O) groups excluding carboxylic acids is 2. The maximum absolute atomic E-state index is 13.3. The molecule has 0 aliphatic carbocycles. The van der Waals surface area contributed by atoms with Crippen LogP contribution in [0, 0.1) is 20.8 Å². The van der Waals surface area contributed by atoms with Crippen LogP contribution in [0.1, 0.15) is 22.5 Å². The first kappa shape index (κ1) is 23.5. The molecule has 2 amide bonds. The predicted molar refractivity (Wildman–Crippen MR) is 138 cm³/mol. The molecular formula is C24H18Cl3N3O2S. The Morgan fingerprint density at radius 2 is 1.70 bits per heavy atom. The van der Waals surface area contributed by atoms with Gasteiger partial charge in [-0.25, -0.2) is 0 Å². The number of halogens is 3. The molecule has 9 heteroatoms. The molecule has 1 aliphatic heterocycles. The van der Waals surface area contributed by atoms with Crippen molar-refractivity contribution in [3.8, 4) is 5.69 Å². The topological polar surface area (TPSA) is 54.3 Å². The third kappa shape index (κ3) is 4.20. The summed E-state index contributed by atoms with van der Waals surface area (Å²) in [6.07, 6.45) is 1.56. The summed E-state index contributed by atoms with van der Waals surface area (Å²) in [5.41, 5.74) is 4.35. The van der Waals surface area contributed by atoms with E-state index >= 15 is 0 Å². The minimum absolute atomic E-state index is 0.00162. The Kier molecular flexibility index (Phi) is 6.38. The number of anilines is 1. The molecule has 3 aromatic rings. The van der Waals surface area contributed by atoms with Gasteiger partial charge in [0.1, 0.15) is 5.57 Å². The summed E-state index contributed by atoms with van der Waals surface area (Å²) in [5, 5.41) is 3.93. The molecule has 1 aromatic heterocycles. The Hall–Kier alpha value is -2.64. The van der Waals surface area contributed by atoms with Gasteiger partial charge in [-0.2, -0.15) is 0 Å². The summed E-state index contributed by atoms with van der Waals surface area (Å²) in [7, 11) is 0. The van der Waals surface area contributed by atoms with Gasteiger partial charge < -0.3 is 4.57 Å². The van der Waals surface area contributed by atoms with Gasteiger partial charge >= 0.3 is 0 Å². The van der Waals surface area contributed by atoms with Crippen LogP contribution in [0.4, 0.5) is 5.69 Å². The van der Waals surface area contributed by atoms with Crippen LogP contribution >= 0.6 is 47.0 Å². The highest BCUT2D eigenvalue weighted by atomic mass is 35.5. The summed E-state index contributed by atoms with van der Waals surface area (Å²) in [4.78, 5) is 27.3. The number of rotatable bonds is 3. The third-order valence-electron chi connectivity index (χ3n) is 5.46. The number of nitrogens with one attached hydrogen (secondary N) is 1. The number of aryl methyl sites for hydroxylation is 2. The van der Waals surface area contributed by atoms with Crippen molar-refractivity contribution < 1.29 is 9.59 Å². The Balaban J connectivity index is 1.79. The molecule has 1 fully saturated rings. The molecule has 0 unspecified atom stereocenters. The van der Waals surface area contributed by atoms with E-state index in [0.29, 0.717) is 32.0 Å². The summed E-state index contributed by atoms with van der Waals surface area (Å²) in [6, 6.07) is 12.4. The highest BCUT2D eigenvalue weighted by Crippen LogP contribution is 2.33. The van der Waals surface area contributed by atoms with Gasteiger partial charge in [0.2, 0.25) is 0 Å². The molecule has 1 saturated heterocycles. The lowest BCUT2D eigenvalue weighted by atomic mass is 10.1. The van der Waals surface area contributed by atoms with Gasteiger partial charge in [0.25, 0.3) is 11.8 Å². The Labute approximate surface area is 211 Å². The van der Waals surface area contributed by atoms with Gasteiger partial charge in [0.15, 0.2) is 5.11 Å². The second-order valence-corrected chi connectivity index (χ2v) is 9.21. The molecule has 2 aromatic carbocycles. The monoisotopic (exact) mass is 517 g/mol. The zero-order valence-electron chi connectivity index (χ0n) is 17.9. The molecule has 33 heavy (non-hydrogen) atoms. The van der Waals surface area contributed by atoms with Gasteiger partial charge in [-0.1, -0.05) is 46.9 Å². The predicted octanol–water partition coefficient (Wildman–Crippen LogP) is 6.19. The van der Waals surface area contributed by atoms with Crippen LogP contribution in [0.25, 0.3) is 11.8 Å². The van der Waals surface area contributed by atoms with Crippen molar-refractivity contribution in [3.05, 3.63) is 85.6 Å². The molecule has 0 atom stereocenters.